The van der Waals surface area contributed by atoms with E-state index in [1.807, 2.05) is 13.0 Å². The van der Waals surface area contributed by atoms with Gasteiger partial charge in [0.05, 0.1) is 5.69 Å². The molecule has 0 bridgehead atoms. The molecule has 0 atom stereocenters. The number of aromatic nitrogens is 4. The van der Waals surface area contributed by atoms with E-state index >= 15 is 0 Å². The molecule has 25 heavy (non-hydrogen) atoms. The van der Waals surface area contributed by atoms with Crippen LogP contribution in [0.5, 0.6) is 0 Å². The maximum absolute atomic E-state index is 12.6. The summed E-state index contributed by atoms with van der Waals surface area (Å²) in [6.07, 6.45) is 1.98. The van der Waals surface area contributed by atoms with Gasteiger partial charge in [-0.15, -0.1) is 5.10 Å². The average molecular weight is 344 g/mol. The van der Waals surface area contributed by atoms with Gasteiger partial charge in [0, 0.05) is 45.4 Å². The van der Waals surface area contributed by atoms with E-state index in [-0.39, 0.29) is 12.5 Å². The van der Waals surface area contributed by atoms with Crippen LogP contribution < -0.4 is 16.6 Å². The summed E-state index contributed by atoms with van der Waals surface area (Å²) in [5, 5.41) is 11.4. The fourth-order valence-electron chi connectivity index (χ4n) is 2.79. The van der Waals surface area contributed by atoms with Crippen molar-refractivity contribution in [1.29, 1.82) is 0 Å². The predicted octanol–water partition coefficient (Wildman–Crippen LogP) is -0.646. The van der Waals surface area contributed by atoms with Crippen molar-refractivity contribution in [3.63, 3.8) is 0 Å². The van der Waals surface area contributed by atoms with Crippen LogP contribution in [-0.2, 0) is 31.4 Å². The van der Waals surface area contributed by atoms with E-state index < -0.39 is 11.2 Å². The first-order chi connectivity index (χ1) is 12.0. The zero-order chi connectivity index (χ0) is 18.0. The zero-order valence-corrected chi connectivity index (χ0v) is 14.2. The third kappa shape index (κ3) is 3.44. The van der Waals surface area contributed by atoms with Gasteiger partial charge in [-0.25, -0.2) is 4.79 Å². The molecule has 0 fully saturated rings. The minimum absolute atomic E-state index is 0.0964. The van der Waals surface area contributed by atoms with Crippen molar-refractivity contribution in [2.45, 2.75) is 26.4 Å². The number of carbonyl (C=O) groups is 1. The van der Waals surface area contributed by atoms with Gasteiger partial charge in [0.25, 0.3) is 5.56 Å². The Morgan fingerprint density at radius 2 is 2.12 bits per heavy atom. The van der Waals surface area contributed by atoms with Crippen LogP contribution in [0.1, 0.15) is 18.2 Å². The number of nitrogens with zero attached hydrogens (tertiary/aromatic N) is 5. The minimum Gasteiger partial charge on any atom is -0.369 e. The highest BCUT2D eigenvalue weighted by atomic mass is 16.2. The molecular formula is C16H20N6O3. The standard InChI is InChI=1S/C16H20N6O3/c1-3-17-13-8-11-9-21(6-4-12(11)18-19-13)15(24)10-22-7-5-14(23)20(2)16(22)25/h5,7-8H,3-4,6,9-10H2,1-2H3,(H,17,19). The van der Waals surface area contributed by atoms with Gasteiger partial charge in [0.2, 0.25) is 5.91 Å². The van der Waals surface area contributed by atoms with Crippen molar-refractivity contribution >= 4 is 11.7 Å². The lowest BCUT2D eigenvalue weighted by molar-refractivity contribution is -0.132. The summed E-state index contributed by atoms with van der Waals surface area (Å²) >= 11 is 0. The van der Waals surface area contributed by atoms with Gasteiger partial charge in [0.15, 0.2) is 0 Å². The summed E-state index contributed by atoms with van der Waals surface area (Å²) in [4.78, 5) is 37.7. The van der Waals surface area contributed by atoms with Gasteiger partial charge >= 0.3 is 5.69 Å². The molecule has 0 aromatic carbocycles. The Labute approximate surface area is 143 Å². The quantitative estimate of drug-likeness (QED) is 0.791. The van der Waals surface area contributed by atoms with Crippen molar-refractivity contribution < 1.29 is 4.79 Å². The van der Waals surface area contributed by atoms with Crippen molar-refractivity contribution in [3.05, 3.63) is 50.4 Å². The smallest absolute Gasteiger partial charge is 0.331 e. The van der Waals surface area contributed by atoms with Gasteiger partial charge in [-0.3, -0.25) is 18.7 Å². The molecule has 2 aromatic heterocycles. The van der Waals surface area contributed by atoms with Crippen LogP contribution in [0.2, 0.25) is 0 Å². The molecule has 1 N–H and O–H groups in total. The molecule has 9 heteroatoms. The van der Waals surface area contributed by atoms with Crippen molar-refractivity contribution in [3.8, 4) is 0 Å². The fourth-order valence-corrected chi connectivity index (χ4v) is 2.79. The van der Waals surface area contributed by atoms with E-state index in [0.29, 0.717) is 25.3 Å². The number of carbonyl (C=O) groups excluding carboxylic acids is 1. The van der Waals surface area contributed by atoms with Crippen LogP contribution >= 0.6 is 0 Å². The molecule has 2 aromatic rings. The third-order valence-corrected chi connectivity index (χ3v) is 4.22. The molecule has 3 heterocycles. The molecule has 3 rings (SSSR count). The van der Waals surface area contributed by atoms with Crippen LogP contribution in [0.3, 0.4) is 0 Å². The molecule has 0 saturated carbocycles. The summed E-state index contributed by atoms with van der Waals surface area (Å²) < 4.78 is 2.23. The van der Waals surface area contributed by atoms with Gasteiger partial charge in [-0.05, 0) is 18.6 Å². The second kappa shape index (κ2) is 6.88. The molecule has 0 radical (unpaired) electrons. The Morgan fingerprint density at radius 1 is 1.32 bits per heavy atom. The summed E-state index contributed by atoms with van der Waals surface area (Å²) in [5.74, 6) is 0.512. The van der Waals surface area contributed by atoms with Crippen LogP contribution in [0.15, 0.2) is 27.9 Å². The highest BCUT2D eigenvalue weighted by Gasteiger charge is 2.23. The molecule has 1 amide bonds. The number of hydrogen-bond acceptors (Lipinski definition) is 6. The monoisotopic (exact) mass is 344 g/mol. The topological polar surface area (TPSA) is 102 Å². The molecule has 0 saturated heterocycles. The average Bonchev–Trinajstić information content (AvgIpc) is 2.62. The van der Waals surface area contributed by atoms with E-state index in [9.17, 15) is 14.4 Å². The highest BCUT2D eigenvalue weighted by molar-refractivity contribution is 5.76. The number of rotatable bonds is 4. The Balaban J connectivity index is 1.76. The van der Waals surface area contributed by atoms with Gasteiger partial charge in [-0.2, -0.15) is 5.10 Å². The predicted molar refractivity (Wildman–Crippen MR) is 91.3 cm³/mol. The number of nitrogens with one attached hydrogen (secondary N) is 1. The largest absolute Gasteiger partial charge is 0.369 e. The number of amides is 1. The van der Waals surface area contributed by atoms with Gasteiger partial charge < -0.3 is 10.2 Å². The Morgan fingerprint density at radius 3 is 2.88 bits per heavy atom. The highest BCUT2D eigenvalue weighted by Crippen LogP contribution is 2.19. The Kier molecular flexibility index (Phi) is 4.64. The molecule has 0 aliphatic carbocycles. The summed E-state index contributed by atoms with van der Waals surface area (Å²) in [6.45, 7) is 3.58. The van der Waals surface area contributed by atoms with E-state index in [1.54, 1.807) is 4.90 Å². The SMILES string of the molecule is CCNc1cc2c(nn1)CCN(C(=O)Cn1ccc(=O)n(C)c1=O)C2. The molecular weight excluding hydrogens is 324 g/mol. The lowest BCUT2D eigenvalue weighted by Crippen LogP contribution is -2.43. The summed E-state index contributed by atoms with van der Waals surface area (Å²) in [7, 11) is 1.39. The molecule has 1 aliphatic rings. The lowest BCUT2D eigenvalue weighted by Gasteiger charge is -2.28. The Bertz CT molecular complexity index is 917. The van der Waals surface area contributed by atoms with Gasteiger partial charge in [-0.1, -0.05) is 0 Å². The summed E-state index contributed by atoms with van der Waals surface area (Å²) in [6, 6.07) is 3.18. The first kappa shape index (κ1) is 16.9. The molecule has 1 aliphatic heterocycles. The van der Waals surface area contributed by atoms with Crippen molar-refractivity contribution in [2.75, 3.05) is 18.4 Å². The van der Waals surface area contributed by atoms with Crippen molar-refractivity contribution in [1.82, 2.24) is 24.2 Å². The molecule has 132 valence electrons. The molecule has 0 unspecified atom stereocenters. The maximum Gasteiger partial charge on any atom is 0.331 e. The minimum atomic E-state index is -0.501. The summed E-state index contributed by atoms with van der Waals surface area (Å²) in [5.41, 5.74) is 0.956. The molecule has 0 spiro atoms. The van der Waals surface area contributed by atoms with Gasteiger partial charge in [0.1, 0.15) is 12.4 Å². The second-order valence-corrected chi connectivity index (χ2v) is 5.92. The van der Waals surface area contributed by atoms with Crippen LogP contribution in [0.25, 0.3) is 0 Å². The number of anilines is 1. The first-order valence-corrected chi connectivity index (χ1v) is 8.13. The fraction of sp³-hybridized carbons (Fsp3) is 0.438. The second-order valence-electron chi connectivity index (χ2n) is 5.92. The zero-order valence-electron chi connectivity index (χ0n) is 14.2. The van der Waals surface area contributed by atoms with Crippen molar-refractivity contribution in [2.24, 2.45) is 7.05 Å². The van der Waals surface area contributed by atoms with Crippen LogP contribution in [-0.4, -0.2) is 43.2 Å². The van der Waals surface area contributed by atoms with E-state index in [1.165, 1.54) is 23.9 Å². The first-order valence-electron chi connectivity index (χ1n) is 8.13. The Hall–Kier alpha value is -2.97. The van der Waals surface area contributed by atoms with E-state index in [2.05, 4.69) is 15.5 Å². The maximum atomic E-state index is 12.6. The van der Waals surface area contributed by atoms with E-state index in [4.69, 9.17) is 0 Å². The lowest BCUT2D eigenvalue weighted by atomic mass is 10.1. The van der Waals surface area contributed by atoms with Crippen LogP contribution in [0.4, 0.5) is 5.82 Å². The third-order valence-electron chi connectivity index (χ3n) is 4.22. The number of hydrogen-bond donors (Lipinski definition) is 1. The molecule has 9 nitrogen and oxygen atoms in total. The van der Waals surface area contributed by atoms with Crippen LogP contribution in [0, 0.1) is 0 Å². The number of fused-ring (bicyclic) bond motifs is 1. The normalized spacial score (nSPS) is 13.4. The van der Waals surface area contributed by atoms with E-state index in [0.717, 1.165) is 22.4 Å².